The van der Waals surface area contributed by atoms with Gasteiger partial charge in [0.2, 0.25) is 0 Å². The van der Waals surface area contributed by atoms with E-state index in [1.165, 1.54) is 25.7 Å². The standard InChI is InChI=1S/C14H16BrClO/c15-12-9-13(14(12)7-3-4-8-14)17-11-6-2-1-5-10(11)16/h1-2,5-6,12-13H,3-4,7-9H2. The zero-order valence-corrected chi connectivity index (χ0v) is 12.0. The van der Waals surface area contributed by atoms with E-state index in [1.807, 2.05) is 24.3 Å². The van der Waals surface area contributed by atoms with E-state index in [0.717, 1.165) is 17.2 Å². The molecular weight excluding hydrogens is 300 g/mol. The molecule has 0 N–H and O–H groups in total. The van der Waals surface area contributed by atoms with Crippen LogP contribution in [0.15, 0.2) is 24.3 Å². The maximum absolute atomic E-state index is 6.14. The highest BCUT2D eigenvalue weighted by Gasteiger charge is 2.56. The minimum absolute atomic E-state index is 0.342. The van der Waals surface area contributed by atoms with Crippen LogP contribution >= 0.6 is 27.5 Å². The summed E-state index contributed by atoms with van der Waals surface area (Å²) in [5.41, 5.74) is 0.374. The molecule has 92 valence electrons. The number of benzene rings is 1. The summed E-state index contributed by atoms with van der Waals surface area (Å²) in [5, 5.41) is 0.721. The van der Waals surface area contributed by atoms with E-state index in [9.17, 15) is 0 Å². The van der Waals surface area contributed by atoms with Gasteiger partial charge in [-0.05, 0) is 31.4 Å². The van der Waals surface area contributed by atoms with Crippen molar-refractivity contribution in [1.82, 2.24) is 0 Å². The molecule has 3 rings (SSSR count). The summed E-state index contributed by atoms with van der Waals surface area (Å²) in [5.74, 6) is 0.838. The zero-order valence-electron chi connectivity index (χ0n) is 9.66. The molecule has 2 saturated carbocycles. The molecular formula is C14H16BrClO. The largest absolute Gasteiger partial charge is 0.488 e. The highest BCUT2D eigenvalue weighted by molar-refractivity contribution is 9.09. The van der Waals surface area contributed by atoms with Crippen molar-refractivity contribution in [1.29, 1.82) is 0 Å². The molecule has 3 heteroatoms. The smallest absolute Gasteiger partial charge is 0.138 e. The number of halogens is 2. The first kappa shape index (κ1) is 11.9. The molecule has 1 aromatic rings. The summed E-state index contributed by atoms with van der Waals surface area (Å²) >= 11 is 9.95. The summed E-state index contributed by atoms with van der Waals surface area (Å²) in [6.07, 6.45) is 6.70. The van der Waals surface area contributed by atoms with E-state index < -0.39 is 0 Å². The van der Waals surface area contributed by atoms with Gasteiger partial charge in [-0.1, -0.05) is 52.5 Å². The van der Waals surface area contributed by atoms with Crippen LogP contribution in [-0.2, 0) is 0 Å². The summed E-state index contributed by atoms with van der Waals surface area (Å²) in [4.78, 5) is 0.630. The van der Waals surface area contributed by atoms with E-state index in [4.69, 9.17) is 16.3 Å². The highest BCUT2D eigenvalue weighted by atomic mass is 79.9. The second-order valence-electron chi connectivity index (χ2n) is 5.18. The van der Waals surface area contributed by atoms with Gasteiger partial charge in [0.25, 0.3) is 0 Å². The quantitative estimate of drug-likeness (QED) is 0.711. The Kier molecular flexibility index (Phi) is 3.12. The highest BCUT2D eigenvalue weighted by Crippen LogP contribution is 2.57. The van der Waals surface area contributed by atoms with Gasteiger partial charge in [-0.25, -0.2) is 0 Å². The Balaban J connectivity index is 1.77. The molecule has 0 aromatic heterocycles. The number of rotatable bonds is 2. The van der Waals surface area contributed by atoms with Crippen molar-refractivity contribution in [2.75, 3.05) is 0 Å². The Morgan fingerprint density at radius 1 is 1.24 bits per heavy atom. The van der Waals surface area contributed by atoms with E-state index in [0.29, 0.717) is 16.3 Å². The summed E-state index contributed by atoms with van der Waals surface area (Å²) < 4.78 is 6.13. The molecule has 2 atom stereocenters. The lowest BCUT2D eigenvalue weighted by Gasteiger charge is -2.51. The number of alkyl halides is 1. The Morgan fingerprint density at radius 3 is 2.59 bits per heavy atom. The molecule has 17 heavy (non-hydrogen) atoms. The number of para-hydroxylation sites is 1. The van der Waals surface area contributed by atoms with E-state index in [1.54, 1.807) is 0 Å². The first-order chi connectivity index (χ1) is 8.22. The molecule has 2 aliphatic carbocycles. The molecule has 2 aliphatic rings. The van der Waals surface area contributed by atoms with Gasteiger partial charge in [-0.15, -0.1) is 0 Å². The summed E-state index contributed by atoms with van der Waals surface area (Å²) in [6.45, 7) is 0. The molecule has 0 saturated heterocycles. The van der Waals surface area contributed by atoms with Crippen LogP contribution in [0, 0.1) is 5.41 Å². The third-order valence-electron chi connectivity index (χ3n) is 4.33. The third kappa shape index (κ3) is 1.90. The van der Waals surface area contributed by atoms with Crippen molar-refractivity contribution in [3.63, 3.8) is 0 Å². The van der Waals surface area contributed by atoms with Gasteiger partial charge in [0.15, 0.2) is 0 Å². The van der Waals surface area contributed by atoms with Crippen LogP contribution < -0.4 is 4.74 Å². The van der Waals surface area contributed by atoms with Gasteiger partial charge in [0, 0.05) is 10.2 Å². The predicted molar refractivity (Wildman–Crippen MR) is 74.1 cm³/mol. The van der Waals surface area contributed by atoms with Crippen LogP contribution in [0.3, 0.4) is 0 Å². The summed E-state index contributed by atoms with van der Waals surface area (Å²) in [6, 6.07) is 7.77. The maximum Gasteiger partial charge on any atom is 0.138 e. The SMILES string of the molecule is Clc1ccccc1OC1CC(Br)C12CCCC2. The molecule has 1 aromatic carbocycles. The molecule has 1 spiro atoms. The first-order valence-electron chi connectivity index (χ1n) is 6.28. The van der Waals surface area contributed by atoms with Crippen molar-refractivity contribution in [2.24, 2.45) is 5.41 Å². The minimum Gasteiger partial charge on any atom is -0.488 e. The Bertz CT molecular complexity index is 414. The van der Waals surface area contributed by atoms with E-state index in [-0.39, 0.29) is 0 Å². The average Bonchev–Trinajstić information content (AvgIpc) is 2.83. The van der Waals surface area contributed by atoms with Gasteiger partial charge in [-0.3, -0.25) is 0 Å². The number of ether oxygens (including phenoxy) is 1. The second-order valence-corrected chi connectivity index (χ2v) is 6.69. The van der Waals surface area contributed by atoms with Crippen LogP contribution in [0.5, 0.6) is 5.75 Å². The van der Waals surface area contributed by atoms with Crippen LogP contribution in [0.1, 0.15) is 32.1 Å². The first-order valence-corrected chi connectivity index (χ1v) is 7.57. The predicted octanol–water partition coefficient (Wildman–Crippen LogP) is 4.82. The van der Waals surface area contributed by atoms with Gasteiger partial charge in [0.05, 0.1) is 5.02 Å². The van der Waals surface area contributed by atoms with Crippen LogP contribution in [0.2, 0.25) is 5.02 Å². The zero-order chi connectivity index (χ0) is 11.9. The average molecular weight is 316 g/mol. The Hall–Kier alpha value is -0.210. The molecule has 0 amide bonds. The van der Waals surface area contributed by atoms with Crippen molar-refractivity contribution >= 4 is 27.5 Å². The lowest BCUT2D eigenvalue weighted by molar-refractivity contribution is -0.0303. The van der Waals surface area contributed by atoms with E-state index in [2.05, 4.69) is 15.9 Å². The van der Waals surface area contributed by atoms with Crippen molar-refractivity contribution < 1.29 is 4.74 Å². The fourth-order valence-electron chi connectivity index (χ4n) is 3.23. The normalized spacial score (nSPS) is 30.2. The fraction of sp³-hybridized carbons (Fsp3) is 0.571. The fourth-order valence-corrected chi connectivity index (χ4v) is 4.50. The molecule has 0 heterocycles. The third-order valence-corrected chi connectivity index (χ3v) is 5.92. The summed E-state index contributed by atoms with van der Waals surface area (Å²) in [7, 11) is 0. The number of hydrogen-bond donors (Lipinski definition) is 0. The van der Waals surface area contributed by atoms with Crippen LogP contribution in [-0.4, -0.2) is 10.9 Å². The maximum atomic E-state index is 6.14. The Morgan fingerprint density at radius 2 is 1.94 bits per heavy atom. The second kappa shape index (κ2) is 4.47. The molecule has 1 nitrogen and oxygen atoms in total. The van der Waals surface area contributed by atoms with Crippen molar-refractivity contribution in [3.8, 4) is 5.75 Å². The molecule has 0 bridgehead atoms. The van der Waals surface area contributed by atoms with Crippen LogP contribution in [0.4, 0.5) is 0 Å². The van der Waals surface area contributed by atoms with Gasteiger partial charge in [0.1, 0.15) is 11.9 Å². The van der Waals surface area contributed by atoms with Gasteiger partial charge in [-0.2, -0.15) is 0 Å². The lowest BCUT2D eigenvalue weighted by Crippen LogP contribution is -2.55. The number of hydrogen-bond acceptors (Lipinski definition) is 1. The molecule has 0 aliphatic heterocycles. The Labute approximate surface area is 116 Å². The van der Waals surface area contributed by atoms with Crippen molar-refractivity contribution in [2.45, 2.75) is 43.0 Å². The van der Waals surface area contributed by atoms with E-state index >= 15 is 0 Å². The molecule has 2 unspecified atom stereocenters. The lowest BCUT2D eigenvalue weighted by atomic mass is 9.64. The molecule has 2 fully saturated rings. The minimum atomic E-state index is 0.342. The van der Waals surface area contributed by atoms with Crippen LogP contribution in [0.25, 0.3) is 0 Å². The van der Waals surface area contributed by atoms with Crippen molar-refractivity contribution in [3.05, 3.63) is 29.3 Å². The van der Waals surface area contributed by atoms with Gasteiger partial charge >= 0.3 is 0 Å². The van der Waals surface area contributed by atoms with Gasteiger partial charge < -0.3 is 4.74 Å². The topological polar surface area (TPSA) is 9.23 Å². The molecule has 0 radical (unpaired) electrons. The monoisotopic (exact) mass is 314 g/mol.